The van der Waals surface area contributed by atoms with Crippen LogP contribution in [0.3, 0.4) is 0 Å². The Morgan fingerprint density at radius 3 is 2.29 bits per heavy atom. The van der Waals surface area contributed by atoms with Gasteiger partial charge in [-0.1, -0.05) is 48.9 Å². The summed E-state index contributed by atoms with van der Waals surface area (Å²) < 4.78 is 32.6. The van der Waals surface area contributed by atoms with Crippen molar-refractivity contribution >= 4 is 33.2 Å². The Morgan fingerprint density at radius 2 is 1.71 bits per heavy atom. The monoisotopic (exact) mass is 458 g/mol. The molecule has 8 heteroatoms. The lowest BCUT2D eigenvalue weighted by atomic mass is 10.0. The van der Waals surface area contributed by atoms with Crippen LogP contribution in [0.2, 0.25) is 5.02 Å². The first kappa shape index (κ1) is 22.7. The van der Waals surface area contributed by atoms with Gasteiger partial charge in [0.2, 0.25) is 0 Å². The molecule has 0 aliphatic rings. The number of methoxy groups -OCH3 is 1. The molecule has 6 nitrogen and oxygen atoms in total. The van der Waals surface area contributed by atoms with Crippen LogP contribution in [-0.2, 0) is 10.0 Å². The number of hydrogen-bond acceptors (Lipinski definition) is 4. The molecule has 3 aromatic carbocycles. The minimum absolute atomic E-state index is 0.123. The summed E-state index contributed by atoms with van der Waals surface area (Å²) in [5, 5.41) is 3.11. The first-order chi connectivity index (χ1) is 14.8. The maximum absolute atomic E-state index is 12.7. The van der Waals surface area contributed by atoms with E-state index in [0.29, 0.717) is 12.0 Å². The molecule has 0 radical (unpaired) electrons. The molecule has 162 valence electrons. The molecule has 0 bridgehead atoms. The number of halogens is 1. The van der Waals surface area contributed by atoms with Crippen LogP contribution in [0.15, 0.2) is 77.7 Å². The van der Waals surface area contributed by atoms with Crippen molar-refractivity contribution in [2.24, 2.45) is 0 Å². The maximum atomic E-state index is 12.7. The van der Waals surface area contributed by atoms with Crippen molar-refractivity contribution in [3.8, 4) is 5.75 Å². The van der Waals surface area contributed by atoms with E-state index in [0.717, 1.165) is 11.3 Å². The number of anilines is 1. The second kappa shape index (κ2) is 9.85. The lowest BCUT2D eigenvalue weighted by Crippen LogP contribution is -2.28. The Bertz CT molecular complexity index is 1150. The van der Waals surface area contributed by atoms with Gasteiger partial charge < -0.3 is 10.1 Å². The topological polar surface area (TPSA) is 84.5 Å². The summed E-state index contributed by atoms with van der Waals surface area (Å²) in [6.45, 7) is 1.98. The van der Waals surface area contributed by atoms with Crippen LogP contribution < -0.4 is 14.8 Å². The smallest absolute Gasteiger partial charge is 0.261 e. The van der Waals surface area contributed by atoms with Gasteiger partial charge in [-0.2, -0.15) is 0 Å². The number of sulfonamides is 1. The van der Waals surface area contributed by atoms with Crippen LogP contribution in [0.25, 0.3) is 0 Å². The molecule has 2 N–H and O–H groups in total. The van der Waals surface area contributed by atoms with E-state index < -0.39 is 10.0 Å². The molecule has 0 spiro atoms. The third-order valence-electron chi connectivity index (χ3n) is 4.76. The van der Waals surface area contributed by atoms with E-state index in [1.807, 2.05) is 31.2 Å². The van der Waals surface area contributed by atoms with Crippen LogP contribution in [0.5, 0.6) is 5.75 Å². The Hall–Kier alpha value is -3.03. The Balaban J connectivity index is 1.74. The fourth-order valence-corrected chi connectivity index (χ4v) is 4.43. The number of carbonyl (C=O) groups excluding carboxylic acids is 1. The third-order valence-corrected chi connectivity index (χ3v) is 6.45. The van der Waals surface area contributed by atoms with Crippen molar-refractivity contribution in [2.75, 3.05) is 11.8 Å². The van der Waals surface area contributed by atoms with Crippen LogP contribution in [0.4, 0.5) is 5.69 Å². The minimum atomic E-state index is -3.78. The van der Waals surface area contributed by atoms with Gasteiger partial charge in [-0.3, -0.25) is 9.52 Å². The fourth-order valence-electron chi connectivity index (χ4n) is 3.04. The second-order valence-electron chi connectivity index (χ2n) is 6.82. The van der Waals surface area contributed by atoms with Gasteiger partial charge >= 0.3 is 0 Å². The van der Waals surface area contributed by atoms with Gasteiger partial charge in [-0.25, -0.2) is 8.42 Å². The maximum Gasteiger partial charge on any atom is 0.261 e. The summed E-state index contributed by atoms with van der Waals surface area (Å²) in [7, 11) is -2.18. The van der Waals surface area contributed by atoms with E-state index in [4.69, 9.17) is 16.3 Å². The SMILES string of the molecule is CCC(NC(=O)c1ccc(NS(=O)(=O)c2ccccc2)c(Cl)c1)c1ccc(OC)cc1. The molecular weight excluding hydrogens is 436 g/mol. The molecule has 0 saturated heterocycles. The third kappa shape index (κ3) is 5.57. The first-order valence-corrected chi connectivity index (χ1v) is 11.5. The van der Waals surface area contributed by atoms with Crippen LogP contribution in [0.1, 0.15) is 35.3 Å². The predicted octanol–water partition coefficient (Wildman–Crippen LogP) is 5.03. The molecular formula is C23H23ClN2O4S. The molecule has 1 atom stereocenters. The molecule has 0 heterocycles. The van der Waals surface area contributed by atoms with Crippen LogP contribution in [0, 0.1) is 0 Å². The lowest BCUT2D eigenvalue weighted by molar-refractivity contribution is 0.0935. The molecule has 0 fully saturated rings. The Morgan fingerprint density at radius 1 is 1.03 bits per heavy atom. The van der Waals surface area contributed by atoms with Gasteiger partial charge in [-0.05, 0) is 54.4 Å². The molecule has 0 aliphatic carbocycles. The number of hydrogen-bond donors (Lipinski definition) is 2. The Labute approximate surface area is 187 Å². The van der Waals surface area contributed by atoms with Crippen LogP contribution in [-0.4, -0.2) is 21.4 Å². The minimum Gasteiger partial charge on any atom is -0.497 e. The Kier molecular flexibility index (Phi) is 7.20. The van der Waals surface area contributed by atoms with Gasteiger partial charge in [0.25, 0.3) is 15.9 Å². The molecule has 0 saturated carbocycles. The van der Waals surface area contributed by atoms with Gasteiger partial charge in [-0.15, -0.1) is 0 Å². The van der Waals surface area contributed by atoms with Crippen molar-refractivity contribution in [2.45, 2.75) is 24.3 Å². The van der Waals surface area contributed by atoms with E-state index >= 15 is 0 Å². The number of rotatable bonds is 8. The molecule has 0 aromatic heterocycles. The molecule has 1 unspecified atom stereocenters. The van der Waals surface area contributed by atoms with Gasteiger partial charge in [0, 0.05) is 5.56 Å². The van der Waals surface area contributed by atoms with E-state index in [2.05, 4.69) is 10.0 Å². The first-order valence-electron chi connectivity index (χ1n) is 9.66. The summed E-state index contributed by atoms with van der Waals surface area (Å²) in [5.41, 5.74) is 1.49. The van der Waals surface area contributed by atoms with Crippen molar-refractivity contribution in [1.82, 2.24) is 5.32 Å². The molecule has 0 aliphatic heterocycles. The van der Waals surface area contributed by atoms with Crippen molar-refractivity contribution in [1.29, 1.82) is 0 Å². The zero-order valence-corrected chi connectivity index (χ0v) is 18.7. The average molecular weight is 459 g/mol. The predicted molar refractivity (Wildman–Crippen MR) is 122 cm³/mol. The summed E-state index contributed by atoms with van der Waals surface area (Å²) in [6.07, 6.45) is 0.695. The summed E-state index contributed by atoms with van der Waals surface area (Å²) in [4.78, 5) is 12.9. The van der Waals surface area contributed by atoms with Crippen molar-refractivity contribution in [3.63, 3.8) is 0 Å². The standard InChI is InChI=1S/C23H23ClN2O4S/c1-3-21(16-9-12-18(30-2)13-10-16)25-23(27)17-11-14-22(20(24)15-17)26-31(28,29)19-7-5-4-6-8-19/h4-15,21,26H,3H2,1-2H3,(H,25,27). The highest BCUT2D eigenvalue weighted by atomic mass is 35.5. The number of ether oxygens (including phenoxy) is 1. The number of amides is 1. The van der Waals surface area contributed by atoms with E-state index in [9.17, 15) is 13.2 Å². The van der Waals surface area contributed by atoms with Gasteiger partial charge in [0.15, 0.2) is 0 Å². The van der Waals surface area contributed by atoms with Crippen LogP contribution >= 0.6 is 11.6 Å². The van der Waals surface area contributed by atoms with Crippen molar-refractivity contribution in [3.05, 3.63) is 88.9 Å². The zero-order valence-electron chi connectivity index (χ0n) is 17.1. The molecule has 31 heavy (non-hydrogen) atoms. The normalized spacial score (nSPS) is 12.1. The zero-order chi connectivity index (χ0) is 22.4. The number of benzene rings is 3. The lowest BCUT2D eigenvalue weighted by Gasteiger charge is -2.18. The average Bonchev–Trinajstić information content (AvgIpc) is 2.79. The highest BCUT2D eigenvalue weighted by Crippen LogP contribution is 2.27. The summed E-state index contributed by atoms with van der Waals surface area (Å²) >= 11 is 6.27. The number of carbonyl (C=O) groups is 1. The van der Waals surface area contributed by atoms with E-state index in [1.54, 1.807) is 25.3 Å². The van der Waals surface area contributed by atoms with Gasteiger partial charge in [0.05, 0.1) is 28.8 Å². The van der Waals surface area contributed by atoms with E-state index in [-0.39, 0.29) is 27.6 Å². The molecule has 3 aromatic rings. The van der Waals surface area contributed by atoms with Crippen molar-refractivity contribution < 1.29 is 17.9 Å². The highest BCUT2D eigenvalue weighted by molar-refractivity contribution is 7.92. The highest BCUT2D eigenvalue weighted by Gasteiger charge is 2.18. The molecule has 3 rings (SSSR count). The van der Waals surface area contributed by atoms with E-state index in [1.165, 1.54) is 30.3 Å². The van der Waals surface area contributed by atoms with Gasteiger partial charge in [0.1, 0.15) is 5.75 Å². The fraction of sp³-hybridized carbons (Fsp3) is 0.174. The number of nitrogens with one attached hydrogen (secondary N) is 2. The molecule has 1 amide bonds. The summed E-state index contributed by atoms with van der Waals surface area (Å²) in [6, 6.07) is 19.7. The quantitative estimate of drug-likeness (QED) is 0.495. The summed E-state index contributed by atoms with van der Waals surface area (Å²) in [5.74, 6) is 0.437. The largest absolute Gasteiger partial charge is 0.497 e. The second-order valence-corrected chi connectivity index (χ2v) is 8.91.